The molecule has 2 amide bonds. The van der Waals surface area contributed by atoms with Gasteiger partial charge in [-0.1, -0.05) is 30.3 Å². The maximum absolute atomic E-state index is 14.2. The summed E-state index contributed by atoms with van der Waals surface area (Å²) in [5, 5.41) is 9.20. The molecular formula is C25H21F2N5O3. The van der Waals surface area contributed by atoms with E-state index in [0.29, 0.717) is 11.1 Å². The topological polar surface area (TPSA) is 105 Å². The summed E-state index contributed by atoms with van der Waals surface area (Å²) in [5.74, 6) is -2.47. The summed E-state index contributed by atoms with van der Waals surface area (Å²) < 4.78 is 28.3. The van der Waals surface area contributed by atoms with Crippen molar-refractivity contribution < 1.29 is 23.2 Å². The molecule has 0 saturated carbocycles. The molecule has 0 aliphatic carbocycles. The third kappa shape index (κ3) is 5.21. The van der Waals surface area contributed by atoms with Gasteiger partial charge in [-0.15, -0.1) is 0 Å². The van der Waals surface area contributed by atoms with E-state index >= 15 is 0 Å². The highest BCUT2D eigenvalue weighted by molar-refractivity contribution is 5.98. The normalized spacial score (nSPS) is 10.9. The zero-order chi connectivity index (χ0) is 25.1. The number of aryl methyl sites for hydroxylation is 1. The molecule has 0 radical (unpaired) electrons. The standard InChI is InChI=1S/C25H21F2N5O3/c1-14-9-17(5-8-19(14)15(2)33)12-29-25(35)22-10-21(31-23-20(27)13-30-32(22)23)24(34)28-11-16-3-6-18(26)7-4-16/h3-10,13H,11-12H2,1-2H3,(H,28,34)(H,29,35). The number of halogens is 2. The molecule has 35 heavy (non-hydrogen) atoms. The summed E-state index contributed by atoms with van der Waals surface area (Å²) in [6, 6.07) is 12.0. The zero-order valence-corrected chi connectivity index (χ0v) is 18.9. The van der Waals surface area contributed by atoms with Gasteiger partial charge in [0.15, 0.2) is 17.2 Å². The Kier molecular flexibility index (Phi) is 6.63. The van der Waals surface area contributed by atoms with Crippen molar-refractivity contribution in [3.8, 4) is 0 Å². The lowest BCUT2D eigenvalue weighted by atomic mass is 10.0. The Labute approximate surface area is 199 Å². The lowest BCUT2D eigenvalue weighted by Gasteiger charge is -2.11. The van der Waals surface area contributed by atoms with Gasteiger partial charge in [0, 0.05) is 24.7 Å². The fraction of sp³-hybridized carbons (Fsp3) is 0.160. The number of rotatable bonds is 7. The van der Waals surface area contributed by atoms with E-state index in [-0.39, 0.29) is 35.9 Å². The van der Waals surface area contributed by atoms with Crippen molar-refractivity contribution in [2.75, 3.05) is 0 Å². The minimum absolute atomic E-state index is 0.0526. The average Bonchev–Trinajstić information content (AvgIpc) is 3.21. The van der Waals surface area contributed by atoms with Gasteiger partial charge in [0.25, 0.3) is 11.8 Å². The van der Waals surface area contributed by atoms with Crippen LogP contribution in [0.1, 0.15) is 54.9 Å². The highest BCUT2D eigenvalue weighted by Crippen LogP contribution is 2.14. The summed E-state index contributed by atoms with van der Waals surface area (Å²) in [5.41, 5.74) is 2.26. The SMILES string of the molecule is CC(=O)c1ccc(CNC(=O)c2cc(C(=O)NCc3ccc(F)cc3)nc3c(F)cnn23)cc1C. The number of nitrogens with one attached hydrogen (secondary N) is 2. The van der Waals surface area contributed by atoms with Gasteiger partial charge in [0.2, 0.25) is 0 Å². The van der Waals surface area contributed by atoms with E-state index in [1.165, 1.54) is 37.3 Å². The predicted octanol–water partition coefficient (Wildman–Crippen LogP) is 3.38. The maximum Gasteiger partial charge on any atom is 0.270 e. The van der Waals surface area contributed by atoms with Gasteiger partial charge < -0.3 is 10.6 Å². The third-order valence-electron chi connectivity index (χ3n) is 5.38. The van der Waals surface area contributed by atoms with E-state index in [9.17, 15) is 23.2 Å². The van der Waals surface area contributed by atoms with Crippen LogP contribution in [0.15, 0.2) is 54.7 Å². The van der Waals surface area contributed by atoms with Crippen LogP contribution in [0.2, 0.25) is 0 Å². The van der Waals surface area contributed by atoms with Gasteiger partial charge in [-0.25, -0.2) is 18.3 Å². The number of carbonyl (C=O) groups excluding carboxylic acids is 3. The molecule has 2 heterocycles. The highest BCUT2D eigenvalue weighted by Gasteiger charge is 2.20. The molecule has 8 nitrogen and oxygen atoms in total. The van der Waals surface area contributed by atoms with Gasteiger partial charge >= 0.3 is 0 Å². The second-order valence-electron chi connectivity index (χ2n) is 7.95. The van der Waals surface area contributed by atoms with Crippen molar-refractivity contribution in [2.45, 2.75) is 26.9 Å². The fourth-order valence-electron chi connectivity index (χ4n) is 3.59. The molecule has 10 heteroatoms. The first kappa shape index (κ1) is 23.7. The van der Waals surface area contributed by atoms with Gasteiger partial charge in [0.05, 0.1) is 6.20 Å². The maximum atomic E-state index is 14.2. The molecule has 2 aromatic heterocycles. The quantitative estimate of drug-likeness (QED) is 0.397. The number of fused-ring (bicyclic) bond motifs is 1. The second kappa shape index (κ2) is 9.80. The summed E-state index contributed by atoms with van der Waals surface area (Å²) in [4.78, 5) is 41.2. The van der Waals surface area contributed by atoms with Gasteiger partial charge in [0.1, 0.15) is 17.2 Å². The molecule has 0 bridgehead atoms. The van der Waals surface area contributed by atoms with Crippen LogP contribution in [0.3, 0.4) is 0 Å². The zero-order valence-electron chi connectivity index (χ0n) is 18.9. The average molecular weight is 477 g/mol. The van der Waals surface area contributed by atoms with E-state index in [0.717, 1.165) is 21.8 Å². The number of aromatic nitrogens is 3. The molecule has 0 saturated heterocycles. The van der Waals surface area contributed by atoms with E-state index < -0.39 is 23.4 Å². The molecule has 2 aromatic carbocycles. The number of nitrogens with zero attached hydrogens (tertiary/aromatic N) is 3. The monoisotopic (exact) mass is 477 g/mol. The highest BCUT2D eigenvalue weighted by atomic mass is 19.1. The Bertz CT molecular complexity index is 1450. The lowest BCUT2D eigenvalue weighted by Crippen LogP contribution is -2.28. The van der Waals surface area contributed by atoms with E-state index in [2.05, 4.69) is 20.7 Å². The van der Waals surface area contributed by atoms with Crippen LogP contribution in [-0.2, 0) is 13.1 Å². The minimum Gasteiger partial charge on any atom is -0.347 e. The predicted molar refractivity (Wildman–Crippen MR) is 123 cm³/mol. The number of amides is 2. The molecule has 0 fully saturated rings. The van der Waals surface area contributed by atoms with Crippen molar-refractivity contribution in [1.29, 1.82) is 0 Å². The van der Waals surface area contributed by atoms with Crippen molar-refractivity contribution in [3.63, 3.8) is 0 Å². The van der Waals surface area contributed by atoms with Crippen LogP contribution in [0.4, 0.5) is 8.78 Å². The molecular weight excluding hydrogens is 456 g/mol. The number of ketones is 1. The van der Waals surface area contributed by atoms with E-state index in [1.807, 2.05) is 0 Å². The van der Waals surface area contributed by atoms with Crippen LogP contribution in [-0.4, -0.2) is 32.2 Å². The number of Topliss-reactive ketones (excluding diaryl/α,β-unsaturated/α-hetero) is 1. The van der Waals surface area contributed by atoms with Crippen molar-refractivity contribution in [3.05, 3.63) is 100 Å². The number of hydrogen-bond acceptors (Lipinski definition) is 5. The largest absolute Gasteiger partial charge is 0.347 e. The Morgan fingerprint density at radius 3 is 2.26 bits per heavy atom. The second-order valence-corrected chi connectivity index (χ2v) is 7.95. The summed E-state index contributed by atoms with van der Waals surface area (Å²) in [7, 11) is 0. The smallest absolute Gasteiger partial charge is 0.270 e. The Balaban J connectivity index is 1.54. The van der Waals surface area contributed by atoms with Crippen LogP contribution >= 0.6 is 0 Å². The number of hydrogen-bond donors (Lipinski definition) is 2. The first-order chi connectivity index (χ1) is 16.7. The van der Waals surface area contributed by atoms with Crippen LogP contribution in [0, 0.1) is 18.6 Å². The molecule has 0 atom stereocenters. The van der Waals surface area contributed by atoms with Crippen LogP contribution in [0.5, 0.6) is 0 Å². The molecule has 178 valence electrons. The Morgan fingerprint density at radius 1 is 0.914 bits per heavy atom. The first-order valence-corrected chi connectivity index (χ1v) is 10.7. The molecule has 2 N–H and O–H groups in total. The van der Waals surface area contributed by atoms with Crippen LogP contribution in [0.25, 0.3) is 5.65 Å². The number of benzene rings is 2. The lowest BCUT2D eigenvalue weighted by molar-refractivity contribution is 0.0940. The molecule has 4 aromatic rings. The fourth-order valence-corrected chi connectivity index (χ4v) is 3.59. The Morgan fingerprint density at radius 2 is 1.57 bits per heavy atom. The first-order valence-electron chi connectivity index (χ1n) is 10.7. The van der Waals surface area contributed by atoms with Crippen molar-refractivity contribution in [2.24, 2.45) is 0 Å². The van der Waals surface area contributed by atoms with E-state index in [1.54, 1.807) is 25.1 Å². The van der Waals surface area contributed by atoms with Gasteiger partial charge in [-0.2, -0.15) is 5.10 Å². The van der Waals surface area contributed by atoms with Crippen LogP contribution < -0.4 is 10.6 Å². The molecule has 0 aliphatic rings. The summed E-state index contributed by atoms with van der Waals surface area (Å²) >= 11 is 0. The molecule has 0 aliphatic heterocycles. The van der Waals surface area contributed by atoms with E-state index in [4.69, 9.17) is 0 Å². The van der Waals surface area contributed by atoms with Gasteiger partial charge in [-0.3, -0.25) is 14.4 Å². The summed E-state index contributed by atoms with van der Waals surface area (Å²) in [6.07, 6.45) is 0.906. The van der Waals surface area contributed by atoms with Crippen molar-refractivity contribution in [1.82, 2.24) is 25.2 Å². The van der Waals surface area contributed by atoms with Gasteiger partial charge in [-0.05, 0) is 42.7 Å². The molecule has 0 unspecified atom stereocenters. The van der Waals surface area contributed by atoms with Crippen molar-refractivity contribution >= 4 is 23.2 Å². The molecule has 0 spiro atoms. The molecule has 4 rings (SSSR count). The minimum atomic E-state index is -0.789. The Hall–Kier alpha value is -4.47. The summed E-state index contributed by atoms with van der Waals surface area (Å²) in [6.45, 7) is 3.51. The number of carbonyl (C=O) groups is 3. The third-order valence-corrected chi connectivity index (χ3v) is 5.38.